The summed E-state index contributed by atoms with van der Waals surface area (Å²) in [5.74, 6) is -0.932. The topological polar surface area (TPSA) is 70.8 Å². The molecule has 3 aromatic carbocycles. The van der Waals surface area contributed by atoms with Gasteiger partial charge in [0.15, 0.2) is 11.0 Å². The van der Waals surface area contributed by atoms with Crippen LogP contribution in [0.1, 0.15) is 32.8 Å². The Morgan fingerprint density at radius 2 is 1.66 bits per heavy atom. The predicted octanol–water partition coefficient (Wildman–Crippen LogP) is 4.53. The fraction of sp³-hybridized carbons (Fsp3) is 0.138. The van der Waals surface area contributed by atoms with Gasteiger partial charge in [-0.05, 0) is 36.2 Å². The van der Waals surface area contributed by atoms with Crippen LogP contribution in [0.3, 0.4) is 0 Å². The number of benzene rings is 3. The normalized spacial score (nSPS) is 18.4. The molecule has 1 spiro atoms. The van der Waals surface area contributed by atoms with E-state index in [4.69, 9.17) is 4.42 Å². The van der Waals surface area contributed by atoms with Crippen molar-refractivity contribution in [2.24, 2.45) is 0 Å². The van der Waals surface area contributed by atoms with Crippen LogP contribution in [0.15, 0.2) is 94.7 Å². The van der Waals surface area contributed by atoms with Crippen molar-refractivity contribution >= 4 is 28.5 Å². The minimum Gasteiger partial charge on any atom is -0.450 e. The van der Waals surface area contributed by atoms with Gasteiger partial charge >= 0.3 is 0 Å². The van der Waals surface area contributed by atoms with Gasteiger partial charge in [0.2, 0.25) is 5.76 Å². The number of amides is 2. The molecule has 172 valence electrons. The third kappa shape index (κ3) is 2.68. The molecule has 3 heterocycles. The van der Waals surface area contributed by atoms with E-state index >= 15 is 0 Å². The Labute approximate surface area is 201 Å². The molecule has 0 radical (unpaired) electrons. The third-order valence-electron chi connectivity index (χ3n) is 7.04. The lowest BCUT2D eigenvalue weighted by atomic mass is 9.84. The second-order valence-corrected chi connectivity index (χ2v) is 8.88. The van der Waals surface area contributed by atoms with Crippen molar-refractivity contribution in [3.8, 4) is 0 Å². The van der Waals surface area contributed by atoms with Crippen LogP contribution in [0.5, 0.6) is 0 Å². The molecule has 2 aliphatic rings. The van der Waals surface area contributed by atoms with Crippen LogP contribution in [0, 0.1) is 6.92 Å². The second kappa shape index (κ2) is 7.53. The van der Waals surface area contributed by atoms with E-state index in [9.17, 15) is 14.4 Å². The minimum absolute atomic E-state index is 0.0767. The molecule has 0 N–H and O–H groups in total. The average molecular weight is 463 g/mol. The Hall–Kier alpha value is -4.45. The number of anilines is 1. The van der Waals surface area contributed by atoms with Crippen molar-refractivity contribution in [1.29, 1.82) is 0 Å². The average Bonchev–Trinajstić information content (AvgIpc) is 3.26. The summed E-state index contributed by atoms with van der Waals surface area (Å²) in [6, 6.07) is 22.0. The van der Waals surface area contributed by atoms with Gasteiger partial charge in [0.25, 0.3) is 11.8 Å². The van der Waals surface area contributed by atoms with Crippen LogP contribution in [-0.2, 0) is 16.9 Å². The maximum atomic E-state index is 14.5. The highest BCUT2D eigenvalue weighted by molar-refractivity contribution is 6.17. The number of fused-ring (bicyclic) bond motifs is 5. The largest absolute Gasteiger partial charge is 0.450 e. The van der Waals surface area contributed by atoms with Gasteiger partial charge in [0.1, 0.15) is 5.58 Å². The van der Waals surface area contributed by atoms with Gasteiger partial charge in [-0.2, -0.15) is 0 Å². The summed E-state index contributed by atoms with van der Waals surface area (Å²) >= 11 is 0. The molecule has 4 aromatic rings. The Balaban J connectivity index is 1.67. The van der Waals surface area contributed by atoms with Crippen molar-refractivity contribution in [1.82, 2.24) is 4.90 Å². The van der Waals surface area contributed by atoms with Gasteiger partial charge in [-0.25, -0.2) is 0 Å². The zero-order chi connectivity index (χ0) is 24.3. The lowest BCUT2D eigenvalue weighted by molar-refractivity contribution is -0.126. The van der Waals surface area contributed by atoms with Crippen LogP contribution in [0.2, 0.25) is 0 Å². The van der Waals surface area contributed by atoms with Crippen molar-refractivity contribution in [2.75, 3.05) is 11.4 Å². The smallest absolute Gasteiger partial charge is 0.291 e. The van der Waals surface area contributed by atoms with Gasteiger partial charge < -0.3 is 14.2 Å². The van der Waals surface area contributed by atoms with E-state index in [1.165, 1.54) is 4.90 Å². The van der Waals surface area contributed by atoms with E-state index in [1.807, 2.05) is 55.5 Å². The molecule has 1 atom stereocenters. The summed E-state index contributed by atoms with van der Waals surface area (Å²) in [6.07, 6.45) is 1.57. The standard InChI is InChI=1S/C29H22N2O4/c1-3-16-31-27(33)26-24(25(32)20-12-6-9-15-23(20)35-26)29(31)21-13-7-8-14-22(21)30(28(29)34)17-19-11-5-4-10-18(19)2/h3-15H,1,16-17H2,2H3. The summed E-state index contributed by atoms with van der Waals surface area (Å²) in [7, 11) is 0. The fourth-order valence-corrected chi connectivity index (χ4v) is 5.43. The van der Waals surface area contributed by atoms with Crippen LogP contribution in [-0.4, -0.2) is 23.3 Å². The second-order valence-electron chi connectivity index (χ2n) is 8.88. The summed E-state index contributed by atoms with van der Waals surface area (Å²) in [6.45, 7) is 6.20. The molecule has 6 rings (SSSR count). The molecule has 1 aromatic heterocycles. The quantitative estimate of drug-likeness (QED) is 0.418. The molecule has 2 aliphatic heterocycles. The zero-order valence-electron chi connectivity index (χ0n) is 19.2. The van der Waals surface area contributed by atoms with Crippen molar-refractivity contribution in [2.45, 2.75) is 19.0 Å². The molecule has 6 heteroatoms. The Kier molecular flexibility index (Phi) is 4.54. The Morgan fingerprint density at radius 3 is 2.46 bits per heavy atom. The van der Waals surface area contributed by atoms with Gasteiger partial charge in [0.05, 0.1) is 23.2 Å². The molecule has 0 bridgehead atoms. The number of aryl methyl sites for hydroxylation is 1. The monoisotopic (exact) mass is 462 g/mol. The first-order valence-electron chi connectivity index (χ1n) is 11.4. The van der Waals surface area contributed by atoms with E-state index < -0.39 is 11.4 Å². The molecular weight excluding hydrogens is 440 g/mol. The summed E-state index contributed by atoms with van der Waals surface area (Å²) in [4.78, 5) is 45.2. The summed E-state index contributed by atoms with van der Waals surface area (Å²) in [5, 5.41) is 0.335. The number of hydrogen-bond donors (Lipinski definition) is 0. The molecule has 35 heavy (non-hydrogen) atoms. The maximum Gasteiger partial charge on any atom is 0.291 e. The molecule has 0 aliphatic carbocycles. The van der Waals surface area contributed by atoms with Gasteiger partial charge in [-0.1, -0.05) is 60.7 Å². The zero-order valence-corrected chi connectivity index (χ0v) is 19.2. The molecule has 0 saturated heterocycles. The number of hydrogen-bond acceptors (Lipinski definition) is 4. The molecule has 1 unspecified atom stereocenters. The van der Waals surface area contributed by atoms with Crippen LogP contribution < -0.4 is 10.3 Å². The van der Waals surface area contributed by atoms with E-state index in [0.29, 0.717) is 28.8 Å². The highest BCUT2D eigenvalue weighted by atomic mass is 16.3. The lowest BCUT2D eigenvalue weighted by Crippen LogP contribution is -2.53. The van der Waals surface area contributed by atoms with E-state index in [0.717, 1.165) is 11.1 Å². The number of rotatable bonds is 4. The third-order valence-corrected chi connectivity index (χ3v) is 7.04. The fourth-order valence-electron chi connectivity index (χ4n) is 5.43. The van der Waals surface area contributed by atoms with Crippen LogP contribution >= 0.6 is 0 Å². The lowest BCUT2D eigenvalue weighted by Gasteiger charge is -2.33. The first-order valence-corrected chi connectivity index (χ1v) is 11.4. The Bertz CT molecular complexity index is 1620. The number of nitrogens with zero attached hydrogens (tertiary/aromatic N) is 2. The molecule has 0 saturated carbocycles. The molecule has 2 amide bonds. The summed E-state index contributed by atoms with van der Waals surface area (Å²) in [5.41, 5.74) is 1.70. The number of carbonyl (C=O) groups is 2. The van der Waals surface area contributed by atoms with E-state index in [1.54, 1.807) is 35.2 Å². The van der Waals surface area contributed by atoms with Crippen LogP contribution in [0.25, 0.3) is 11.0 Å². The van der Waals surface area contributed by atoms with Crippen molar-refractivity contribution in [3.05, 3.63) is 124 Å². The van der Waals surface area contributed by atoms with Crippen molar-refractivity contribution in [3.63, 3.8) is 0 Å². The van der Waals surface area contributed by atoms with Gasteiger partial charge in [-0.15, -0.1) is 6.58 Å². The molecular formula is C29H22N2O4. The van der Waals surface area contributed by atoms with E-state index in [-0.39, 0.29) is 29.2 Å². The highest BCUT2D eigenvalue weighted by Crippen LogP contribution is 2.52. The molecule has 6 nitrogen and oxygen atoms in total. The van der Waals surface area contributed by atoms with Gasteiger partial charge in [0, 0.05) is 12.1 Å². The highest BCUT2D eigenvalue weighted by Gasteiger charge is 2.64. The number of para-hydroxylation sites is 2. The van der Waals surface area contributed by atoms with Crippen LogP contribution in [0.4, 0.5) is 5.69 Å². The Morgan fingerprint density at radius 1 is 0.943 bits per heavy atom. The summed E-state index contributed by atoms with van der Waals surface area (Å²) < 4.78 is 6.00. The van der Waals surface area contributed by atoms with Gasteiger partial charge in [-0.3, -0.25) is 14.4 Å². The van der Waals surface area contributed by atoms with E-state index in [2.05, 4.69) is 6.58 Å². The predicted molar refractivity (Wildman–Crippen MR) is 133 cm³/mol. The SMILES string of the molecule is C=CCN1C(=O)c2oc3ccccc3c(=O)c2C12C(=O)N(Cc1ccccc1C)c1ccccc12. The van der Waals surface area contributed by atoms with Crippen molar-refractivity contribution < 1.29 is 14.0 Å². The maximum absolute atomic E-state index is 14.5. The first kappa shape index (κ1) is 21.1. The number of carbonyl (C=O) groups excluding carboxylic acids is 2. The molecule has 0 fully saturated rings. The minimum atomic E-state index is -1.62. The first-order chi connectivity index (χ1) is 17.0.